The van der Waals surface area contributed by atoms with E-state index in [-0.39, 0.29) is 17.8 Å². The molecule has 0 unspecified atom stereocenters. The van der Waals surface area contributed by atoms with Crippen molar-refractivity contribution in [3.05, 3.63) is 56.2 Å². The monoisotopic (exact) mass is 352 g/mol. The first kappa shape index (κ1) is 16.3. The van der Waals surface area contributed by atoms with Gasteiger partial charge in [0, 0.05) is 14.1 Å². The summed E-state index contributed by atoms with van der Waals surface area (Å²) in [7, 11) is 3.42. The van der Waals surface area contributed by atoms with Gasteiger partial charge in [0.25, 0.3) is 5.56 Å². The Morgan fingerprint density at radius 1 is 1.08 bits per heavy atom. The molecule has 0 fully saturated rings. The van der Waals surface area contributed by atoms with E-state index in [4.69, 9.17) is 0 Å². The van der Waals surface area contributed by atoms with Crippen molar-refractivity contribution in [2.75, 3.05) is 12.1 Å². The van der Waals surface area contributed by atoms with Gasteiger partial charge in [0.1, 0.15) is 0 Å². The molecule has 1 aliphatic heterocycles. The van der Waals surface area contributed by atoms with Crippen molar-refractivity contribution in [2.24, 2.45) is 12.1 Å². The van der Waals surface area contributed by atoms with Crippen LogP contribution in [-0.2, 0) is 20.1 Å². The van der Waals surface area contributed by atoms with Crippen LogP contribution >= 0.6 is 0 Å². The summed E-state index contributed by atoms with van der Waals surface area (Å²) in [4.78, 5) is 30.4. The highest BCUT2D eigenvalue weighted by Crippen LogP contribution is 2.22. The average Bonchev–Trinajstić information content (AvgIpc) is 2.98. The molecule has 0 spiro atoms. The van der Waals surface area contributed by atoms with E-state index >= 15 is 0 Å². The molecule has 26 heavy (non-hydrogen) atoms. The van der Waals surface area contributed by atoms with Crippen LogP contribution < -0.4 is 16.3 Å². The molecule has 8 nitrogen and oxygen atoms in total. The van der Waals surface area contributed by atoms with E-state index in [9.17, 15) is 9.59 Å². The van der Waals surface area contributed by atoms with Gasteiger partial charge in [-0.15, -0.1) is 0 Å². The predicted octanol–water partition coefficient (Wildman–Crippen LogP) is 1.08. The predicted molar refractivity (Wildman–Crippen MR) is 101 cm³/mol. The van der Waals surface area contributed by atoms with Crippen molar-refractivity contribution in [2.45, 2.75) is 26.9 Å². The second-order valence-corrected chi connectivity index (χ2v) is 6.75. The third-order valence-electron chi connectivity index (χ3n) is 4.67. The lowest BCUT2D eigenvalue weighted by atomic mass is 10.1. The smallest absolute Gasteiger partial charge is 0.297 e. The molecule has 8 heteroatoms. The molecule has 2 aromatic heterocycles. The quantitative estimate of drug-likeness (QED) is 0.691. The van der Waals surface area contributed by atoms with Gasteiger partial charge in [-0.25, -0.2) is 9.80 Å². The van der Waals surface area contributed by atoms with Gasteiger partial charge in [0.15, 0.2) is 11.2 Å². The minimum absolute atomic E-state index is 0.227. The van der Waals surface area contributed by atoms with Crippen LogP contribution in [0, 0.1) is 6.92 Å². The number of rotatable bonds is 2. The number of imidazole rings is 1. The second-order valence-electron chi connectivity index (χ2n) is 6.75. The number of benzene rings is 1. The first-order chi connectivity index (χ1) is 12.4. The SMILES string of the molecule is CC1=NN(C)c2nc3c(c(=O)n(Cc4ccc(C)cc4)c(=O)n3C)n2C1. The zero-order chi connectivity index (χ0) is 18.6. The van der Waals surface area contributed by atoms with Crippen molar-refractivity contribution in [1.82, 2.24) is 18.7 Å². The second kappa shape index (κ2) is 5.69. The lowest BCUT2D eigenvalue weighted by Crippen LogP contribution is -2.40. The van der Waals surface area contributed by atoms with E-state index in [1.807, 2.05) is 42.7 Å². The lowest BCUT2D eigenvalue weighted by molar-refractivity contribution is 0.653. The Kier molecular flexibility index (Phi) is 3.57. The van der Waals surface area contributed by atoms with Crippen LogP contribution in [-0.4, -0.2) is 31.4 Å². The number of nitrogens with zero attached hydrogens (tertiary/aromatic N) is 6. The molecule has 0 amide bonds. The minimum Gasteiger partial charge on any atom is -0.297 e. The van der Waals surface area contributed by atoms with E-state index in [2.05, 4.69) is 10.1 Å². The highest BCUT2D eigenvalue weighted by molar-refractivity contribution is 5.87. The lowest BCUT2D eigenvalue weighted by Gasteiger charge is -2.20. The number of hydrogen-bond donors (Lipinski definition) is 0. The Balaban J connectivity index is 1.96. The Bertz CT molecular complexity index is 1160. The fourth-order valence-corrected chi connectivity index (χ4v) is 3.33. The summed E-state index contributed by atoms with van der Waals surface area (Å²) in [5, 5.41) is 6.00. The molecule has 0 N–H and O–H groups in total. The van der Waals surface area contributed by atoms with E-state index in [1.165, 1.54) is 9.13 Å². The molecule has 1 aliphatic rings. The number of hydrazone groups is 1. The van der Waals surface area contributed by atoms with Gasteiger partial charge in [0.05, 0.1) is 18.8 Å². The van der Waals surface area contributed by atoms with E-state index in [0.717, 1.165) is 16.8 Å². The Hall–Kier alpha value is -3.16. The van der Waals surface area contributed by atoms with Gasteiger partial charge >= 0.3 is 5.69 Å². The Labute approximate surface area is 149 Å². The van der Waals surface area contributed by atoms with Crippen molar-refractivity contribution in [3.63, 3.8) is 0 Å². The van der Waals surface area contributed by atoms with Crippen LogP contribution in [0.2, 0.25) is 0 Å². The largest absolute Gasteiger partial charge is 0.332 e. The van der Waals surface area contributed by atoms with Gasteiger partial charge in [-0.3, -0.25) is 18.5 Å². The molecule has 4 rings (SSSR count). The Morgan fingerprint density at radius 3 is 2.46 bits per heavy atom. The molecule has 1 aromatic carbocycles. The zero-order valence-corrected chi connectivity index (χ0v) is 15.2. The summed E-state index contributed by atoms with van der Waals surface area (Å²) in [6.45, 7) is 4.61. The van der Waals surface area contributed by atoms with E-state index < -0.39 is 0 Å². The summed E-state index contributed by atoms with van der Waals surface area (Å²) < 4.78 is 4.52. The third-order valence-corrected chi connectivity index (χ3v) is 4.67. The standard InChI is InChI=1S/C18H20N6O2/c1-11-5-7-13(8-6-11)10-24-16(25)14-15(21(3)18(24)26)19-17-22(4)20-12(2)9-23(14)17/h5-8H,9-10H2,1-4H3. The Morgan fingerprint density at radius 2 is 1.77 bits per heavy atom. The van der Waals surface area contributed by atoms with Gasteiger partial charge in [0.2, 0.25) is 5.95 Å². The molecule has 0 radical (unpaired) electrons. The average molecular weight is 352 g/mol. The van der Waals surface area contributed by atoms with Gasteiger partial charge in [-0.05, 0) is 19.4 Å². The maximum atomic E-state index is 13.1. The first-order valence-electron chi connectivity index (χ1n) is 8.40. The maximum Gasteiger partial charge on any atom is 0.332 e. The molecule has 0 aliphatic carbocycles. The highest BCUT2D eigenvalue weighted by atomic mass is 16.2. The summed E-state index contributed by atoms with van der Waals surface area (Å²) in [5.41, 5.74) is 3.01. The fraction of sp³-hybridized carbons (Fsp3) is 0.333. The molecule has 0 saturated heterocycles. The number of fused-ring (bicyclic) bond motifs is 3. The molecular weight excluding hydrogens is 332 g/mol. The molecule has 0 bridgehead atoms. The van der Waals surface area contributed by atoms with Crippen LogP contribution in [0.25, 0.3) is 11.2 Å². The number of aryl methyl sites for hydroxylation is 2. The molecule has 3 aromatic rings. The van der Waals surface area contributed by atoms with Crippen molar-refractivity contribution in [1.29, 1.82) is 0 Å². The number of aromatic nitrogens is 4. The topological polar surface area (TPSA) is 77.4 Å². The normalized spacial score (nSPS) is 13.8. The van der Waals surface area contributed by atoms with Crippen molar-refractivity contribution < 1.29 is 0 Å². The van der Waals surface area contributed by atoms with Crippen LogP contribution in [0.1, 0.15) is 18.1 Å². The van der Waals surface area contributed by atoms with Crippen LogP contribution in [0.15, 0.2) is 39.0 Å². The van der Waals surface area contributed by atoms with E-state index in [1.54, 1.807) is 19.1 Å². The van der Waals surface area contributed by atoms with Crippen LogP contribution in [0.5, 0.6) is 0 Å². The molecular formula is C18H20N6O2. The van der Waals surface area contributed by atoms with Crippen LogP contribution in [0.3, 0.4) is 0 Å². The summed E-state index contributed by atoms with van der Waals surface area (Å²) in [5.74, 6) is 0.561. The van der Waals surface area contributed by atoms with Crippen molar-refractivity contribution >= 4 is 22.8 Å². The maximum absolute atomic E-state index is 13.1. The third kappa shape index (κ3) is 2.37. The minimum atomic E-state index is -0.376. The van der Waals surface area contributed by atoms with Gasteiger partial charge in [-0.1, -0.05) is 29.8 Å². The van der Waals surface area contributed by atoms with Gasteiger partial charge in [-0.2, -0.15) is 10.1 Å². The summed E-state index contributed by atoms with van der Waals surface area (Å²) in [6, 6.07) is 7.81. The van der Waals surface area contributed by atoms with Gasteiger partial charge < -0.3 is 0 Å². The molecule has 134 valence electrons. The number of anilines is 1. The molecule has 0 saturated carbocycles. The number of hydrogen-bond acceptors (Lipinski definition) is 5. The summed E-state index contributed by atoms with van der Waals surface area (Å²) in [6.07, 6.45) is 0. The van der Waals surface area contributed by atoms with Crippen molar-refractivity contribution in [3.8, 4) is 0 Å². The van der Waals surface area contributed by atoms with E-state index in [0.29, 0.717) is 23.7 Å². The zero-order valence-electron chi connectivity index (χ0n) is 15.2. The molecule has 0 atom stereocenters. The first-order valence-corrected chi connectivity index (χ1v) is 8.40. The fourth-order valence-electron chi connectivity index (χ4n) is 3.33. The van der Waals surface area contributed by atoms with Crippen LogP contribution in [0.4, 0.5) is 5.95 Å². The summed E-state index contributed by atoms with van der Waals surface area (Å²) >= 11 is 0. The molecule has 3 heterocycles. The highest BCUT2D eigenvalue weighted by Gasteiger charge is 2.24.